The maximum Gasteiger partial charge on any atom is 0.152 e. The van der Waals surface area contributed by atoms with Gasteiger partial charge in [0.05, 0.1) is 28.7 Å². The molecule has 5 rings (SSSR count). The molecular formula is C21H21N3O2S2. The molecule has 0 bridgehead atoms. The molecule has 0 aromatic carbocycles. The highest BCUT2D eigenvalue weighted by atomic mass is 32.2. The number of furan rings is 1. The zero-order valence-electron chi connectivity index (χ0n) is 16.3. The second kappa shape index (κ2) is 6.54. The van der Waals surface area contributed by atoms with Gasteiger partial charge < -0.3 is 9.15 Å². The Balaban J connectivity index is 1.85. The molecule has 0 aliphatic carbocycles. The molecule has 1 aliphatic heterocycles. The van der Waals surface area contributed by atoms with Gasteiger partial charge in [0.2, 0.25) is 0 Å². The molecule has 0 radical (unpaired) electrons. The van der Waals surface area contributed by atoms with Crippen LogP contribution in [0, 0.1) is 0 Å². The van der Waals surface area contributed by atoms with Gasteiger partial charge in [0, 0.05) is 22.6 Å². The lowest BCUT2D eigenvalue weighted by Crippen LogP contribution is -2.32. The van der Waals surface area contributed by atoms with Gasteiger partial charge in [-0.1, -0.05) is 13.8 Å². The van der Waals surface area contributed by atoms with Gasteiger partial charge in [0.15, 0.2) is 5.76 Å². The quantitative estimate of drug-likeness (QED) is 0.311. The molecule has 0 amide bonds. The summed E-state index contributed by atoms with van der Waals surface area (Å²) in [5.41, 5.74) is 4.04. The third-order valence-electron chi connectivity index (χ3n) is 4.90. The second-order valence-electron chi connectivity index (χ2n) is 7.93. The Kier molecular flexibility index (Phi) is 4.23. The number of pyridine rings is 1. The summed E-state index contributed by atoms with van der Waals surface area (Å²) in [6, 6.07) is 3.86. The first kappa shape index (κ1) is 18.1. The lowest BCUT2D eigenvalue weighted by Gasteiger charge is -2.32. The van der Waals surface area contributed by atoms with Crippen LogP contribution in [0.15, 0.2) is 34.2 Å². The number of rotatable bonds is 3. The van der Waals surface area contributed by atoms with Crippen LogP contribution in [0.4, 0.5) is 0 Å². The summed E-state index contributed by atoms with van der Waals surface area (Å²) in [7, 11) is 0. The number of fused-ring (bicyclic) bond motifs is 5. The highest BCUT2D eigenvalue weighted by Gasteiger charge is 2.32. The molecule has 5 heterocycles. The van der Waals surface area contributed by atoms with Crippen molar-refractivity contribution in [1.82, 2.24) is 15.0 Å². The Morgan fingerprint density at radius 3 is 2.82 bits per heavy atom. The molecule has 7 heteroatoms. The fourth-order valence-electron chi connectivity index (χ4n) is 3.71. The molecule has 0 saturated heterocycles. The Hall–Kier alpha value is -1.96. The van der Waals surface area contributed by atoms with Crippen molar-refractivity contribution in [2.75, 3.05) is 0 Å². The van der Waals surface area contributed by atoms with Crippen molar-refractivity contribution in [3.8, 4) is 11.5 Å². The van der Waals surface area contributed by atoms with Gasteiger partial charge >= 0.3 is 0 Å². The Morgan fingerprint density at radius 2 is 2.07 bits per heavy atom. The molecule has 0 atom stereocenters. The number of nitrogens with zero attached hydrogens (tertiary/aromatic N) is 3. The van der Waals surface area contributed by atoms with E-state index in [1.165, 1.54) is 5.56 Å². The minimum absolute atomic E-state index is 0.224. The van der Waals surface area contributed by atoms with E-state index in [0.717, 1.165) is 48.9 Å². The smallest absolute Gasteiger partial charge is 0.152 e. The van der Waals surface area contributed by atoms with Crippen LogP contribution in [-0.2, 0) is 17.8 Å². The summed E-state index contributed by atoms with van der Waals surface area (Å²) in [4.78, 5) is 15.2. The van der Waals surface area contributed by atoms with Crippen LogP contribution in [0.5, 0.6) is 0 Å². The Morgan fingerprint density at radius 1 is 1.21 bits per heavy atom. The first-order valence-corrected chi connectivity index (χ1v) is 11.1. The molecule has 0 saturated carbocycles. The summed E-state index contributed by atoms with van der Waals surface area (Å²) >= 11 is 3.45. The third-order valence-corrected chi connectivity index (χ3v) is 7.11. The molecule has 0 N–H and O–H groups in total. The van der Waals surface area contributed by atoms with E-state index in [0.29, 0.717) is 11.9 Å². The molecule has 144 valence electrons. The number of aromatic nitrogens is 3. The molecule has 0 fully saturated rings. The Labute approximate surface area is 171 Å². The number of thiophene rings is 1. The van der Waals surface area contributed by atoms with E-state index in [1.807, 2.05) is 12.1 Å². The lowest BCUT2D eigenvalue weighted by atomic mass is 9.89. The van der Waals surface area contributed by atoms with Crippen LogP contribution >= 0.6 is 23.1 Å². The molecular weight excluding hydrogens is 390 g/mol. The average Bonchev–Trinajstić information content (AvgIpc) is 3.28. The van der Waals surface area contributed by atoms with Gasteiger partial charge in [-0.15, -0.1) is 23.1 Å². The SMILES string of the molecule is CC(C)Sc1ncnc2c1sc1nc(-c3ccco3)c3c(c12)CC(C)(C)OC3. The van der Waals surface area contributed by atoms with Crippen molar-refractivity contribution >= 4 is 43.5 Å². The standard InChI is InChI=1S/C21H21N3O2S2/c1-11(2)27-20-18-17(22-10-23-20)15-12-8-21(3,4)26-9-13(12)16(24-19(15)28-18)14-6-5-7-25-14/h5-7,10-11H,8-9H2,1-4H3. The summed E-state index contributed by atoms with van der Waals surface area (Å²) in [5, 5.41) is 2.63. The van der Waals surface area contributed by atoms with Crippen LogP contribution < -0.4 is 0 Å². The number of hydrogen-bond acceptors (Lipinski definition) is 7. The zero-order chi connectivity index (χ0) is 19.5. The maximum atomic E-state index is 6.13. The summed E-state index contributed by atoms with van der Waals surface area (Å²) in [5.74, 6) is 0.779. The molecule has 1 aliphatic rings. The highest BCUT2D eigenvalue weighted by Crippen LogP contribution is 2.44. The van der Waals surface area contributed by atoms with Crippen LogP contribution in [0.25, 0.3) is 31.9 Å². The highest BCUT2D eigenvalue weighted by molar-refractivity contribution is 8.00. The largest absolute Gasteiger partial charge is 0.463 e. The minimum atomic E-state index is -0.224. The van der Waals surface area contributed by atoms with Gasteiger partial charge in [-0.05, 0) is 31.5 Å². The molecule has 0 unspecified atom stereocenters. The van der Waals surface area contributed by atoms with Gasteiger partial charge in [0.25, 0.3) is 0 Å². The molecule has 4 aromatic heterocycles. The van der Waals surface area contributed by atoms with E-state index < -0.39 is 0 Å². The lowest BCUT2D eigenvalue weighted by molar-refractivity contribution is -0.0395. The van der Waals surface area contributed by atoms with Gasteiger partial charge in [-0.3, -0.25) is 0 Å². The molecule has 0 spiro atoms. The van der Waals surface area contributed by atoms with Crippen molar-refractivity contribution in [1.29, 1.82) is 0 Å². The fraction of sp³-hybridized carbons (Fsp3) is 0.381. The molecule has 4 aromatic rings. The van der Waals surface area contributed by atoms with Crippen molar-refractivity contribution in [2.45, 2.75) is 56.6 Å². The third kappa shape index (κ3) is 2.93. The normalized spacial score (nSPS) is 16.2. The summed E-state index contributed by atoms with van der Waals surface area (Å²) in [6.07, 6.45) is 4.18. The van der Waals surface area contributed by atoms with Crippen molar-refractivity contribution < 1.29 is 9.15 Å². The van der Waals surface area contributed by atoms with Crippen molar-refractivity contribution in [3.63, 3.8) is 0 Å². The van der Waals surface area contributed by atoms with E-state index in [4.69, 9.17) is 14.1 Å². The number of ether oxygens (including phenoxy) is 1. The molecule has 5 nitrogen and oxygen atoms in total. The average molecular weight is 412 g/mol. The van der Waals surface area contributed by atoms with E-state index in [-0.39, 0.29) is 5.60 Å². The van der Waals surface area contributed by atoms with Crippen LogP contribution in [0.1, 0.15) is 38.8 Å². The summed E-state index contributed by atoms with van der Waals surface area (Å²) in [6.45, 7) is 9.16. The first-order chi connectivity index (χ1) is 13.4. The van der Waals surface area contributed by atoms with Crippen molar-refractivity contribution in [2.24, 2.45) is 0 Å². The second-order valence-corrected chi connectivity index (χ2v) is 10.5. The van der Waals surface area contributed by atoms with Crippen molar-refractivity contribution in [3.05, 3.63) is 35.9 Å². The zero-order valence-corrected chi connectivity index (χ0v) is 17.9. The number of thioether (sulfide) groups is 1. The topological polar surface area (TPSA) is 61.0 Å². The van der Waals surface area contributed by atoms with E-state index in [9.17, 15) is 0 Å². The minimum Gasteiger partial charge on any atom is -0.463 e. The Bertz CT molecular complexity index is 1180. The van der Waals surface area contributed by atoms with E-state index in [2.05, 4.69) is 37.7 Å². The van der Waals surface area contributed by atoms with Crippen LogP contribution in [-0.4, -0.2) is 25.8 Å². The predicted octanol–water partition coefficient (Wildman–Crippen LogP) is 5.85. The first-order valence-electron chi connectivity index (χ1n) is 9.36. The fourth-order valence-corrected chi connectivity index (χ4v) is 5.78. The molecule has 28 heavy (non-hydrogen) atoms. The predicted molar refractivity (Wildman–Crippen MR) is 114 cm³/mol. The monoisotopic (exact) mass is 411 g/mol. The van der Waals surface area contributed by atoms with Crippen LogP contribution in [0.2, 0.25) is 0 Å². The van der Waals surface area contributed by atoms with Gasteiger partial charge in [0.1, 0.15) is 21.9 Å². The summed E-state index contributed by atoms with van der Waals surface area (Å²) < 4.78 is 12.9. The van der Waals surface area contributed by atoms with Crippen LogP contribution in [0.3, 0.4) is 0 Å². The van der Waals surface area contributed by atoms with Gasteiger partial charge in [-0.25, -0.2) is 15.0 Å². The number of hydrogen-bond donors (Lipinski definition) is 0. The maximum absolute atomic E-state index is 6.13. The van der Waals surface area contributed by atoms with E-state index >= 15 is 0 Å². The van der Waals surface area contributed by atoms with E-state index in [1.54, 1.807) is 35.7 Å². The van der Waals surface area contributed by atoms with Gasteiger partial charge in [-0.2, -0.15) is 0 Å².